The molecule has 0 amide bonds. The Kier molecular flexibility index (Phi) is 4.14. The van der Waals surface area contributed by atoms with Crippen LogP contribution in [-0.4, -0.2) is 22.7 Å². The highest BCUT2D eigenvalue weighted by Gasteiger charge is 2.22. The molecule has 0 spiro atoms. The number of nitrogens with zero attached hydrogens (tertiary/aromatic N) is 2. The number of hydrogen-bond acceptors (Lipinski definition) is 3. The molecule has 0 saturated heterocycles. The van der Waals surface area contributed by atoms with Crippen molar-refractivity contribution in [3.05, 3.63) is 46.2 Å². The Morgan fingerprint density at radius 2 is 2.05 bits per heavy atom. The zero-order chi connectivity index (χ0) is 14.9. The summed E-state index contributed by atoms with van der Waals surface area (Å²) in [5.74, 6) is 0.333. The van der Waals surface area contributed by atoms with E-state index >= 15 is 0 Å². The number of halogens is 1. The van der Waals surface area contributed by atoms with Crippen LogP contribution in [0, 0.1) is 6.92 Å². The number of ether oxygens (including phenoxy) is 1. The Bertz CT molecular complexity index is 627. The average molecular weight is 293 g/mol. The minimum Gasteiger partial charge on any atom is -0.493 e. The van der Waals surface area contributed by atoms with Crippen molar-refractivity contribution in [3.63, 3.8) is 0 Å². The predicted molar refractivity (Wildman–Crippen MR) is 78.8 cm³/mol. The number of carbonyl (C=O) groups is 1. The van der Waals surface area contributed by atoms with E-state index in [-0.39, 0.29) is 11.8 Å². The van der Waals surface area contributed by atoms with Crippen LogP contribution in [0.5, 0.6) is 5.75 Å². The molecule has 1 aromatic heterocycles. The number of benzene rings is 1. The molecular weight excluding hydrogens is 276 g/mol. The molecule has 20 heavy (non-hydrogen) atoms. The van der Waals surface area contributed by atoms with E-state index in [0.717, 1.165) is 5.56 Å². The highest BCUT2D eigenvalue weighted by molar-refractivity contribution is 6.31. The van der Waals surface area contributed by atoms with Gasteiger partial charge in [-0.05, 0) is 44.5 Å². The lowest BCUT2D eigenvalue weighted by atomic mass is 10.0. The SMILES string of the molecule is COc1cnn(C(C)C)c1C(=O)c1cc(C)cc(Cl)c1. The Balaban J connectivity index is 2.55. The van der Waals surface area contributed by atoms with Crippen LogP contribution < -0.4 is 4.74 Å². The minimum absolute atomic E-state index is 0.0677. The molecule has 0 bridgehead atoms. The third kappa shape index (κ3) is 2.70. The van der Waals surface area contributed by atoms with Gasteiger partial charge in [-0.3, -0.25) is 9.48 Å². The molecule has 0 unspecified atom stereocenters. The van der Waals surface area contributed by atoms with Crippen molar-refractivity contribution in [2.45, 2.75) is 26.8 Å². The van der Waals surface area contributed by atoms with Crippen molar-refractivity contribution in [2.75, 3.05) is 7.11 Å². The average Bonchev–Trinajstić information content (AvgIpc) is 2.80. The monoisotopic (exact) mass is 292 g/mol. The summed E-state index contributed by atoms with van der Waals surface area (Å²) in [7, 11) is 1.53. The minimum atomic E-state index is -0.140. The van der Waals surface area contributed by atoms with E-state index in [1.54, 1.807) is 16.9 Å². The third-order valence-corrected chi connectivity index (χ3v) is 3.21. The van der Waals surface area contributed by atoms with Crippen LogP contribution in [0.3, 0.4) is 0 Å². The number of hydrogen-bond donors (Lipinski definition) is 0. The van der Waals surface area contributed by atoms with Crippen LogP contribution in [0.25, 0.3) is 0 Å². The molecule has 0 radical (unpaired) electrons. The number of aromatic nitrogens is 2. The van der Waals surface area contributed by atoms with Crippen LogP contribution in [0.15, 0.2) is 24.4 Å². The van der Waals surface area contributed by atoms with Gasteiger partial charge in [-0.2, -0.15) is 5.10 Å². The molecule has 0 N–H and O–H groups in total. The van der Waals surface area contributed by atoms with E-state index in [1.165, 1.54) is 7.11 Å². The second-order valence-electron chi connectivity index (χ2n) is 4.95. The van der Waals surface area contributed by atoms with Gasteiger partial charge in [0, 0.05) is 16.6 Å². The first-order valence-electron chi connectivity index (χ1n) is 6.37. The summed E-state index contributed by atoms with van der Waals surface area (Å²) in [5, 5.41) is 4.76. The summed E-state index contributed by atoms with van der Waals surface area (Å²) in [4.78, 5) is 12.7. The van der Waals surface area contributed by atoms with Crippen molar-refractivity contribution in [1.29, 1.82) is 0 Å². The maximum atomic E-state index is 12.7. The zero-order valence-corrected chi connectivity index (χ0v) is 12.7. The van der Waals surface area contributed by atoms with Gasteiger partial charge in [0.2, 0.25) is 5.78 Å². The molecule has 5 heteroatoms. The molecule has 106 valence electrons. The van der Waals surface area contributed by atoms with Crippen LogP contribution >= 0.6 is 11.6 Å². The van der Waals surface area contributed by atoms with Crippen molar-refractivity contribution < 1.29 is 9.53 Å². The summed E-state index contributed by atoms with van der Waals surface area (Å²) < 4.78 is 6.91. The number of rotatable bonds is 4. The molecule has 4 nitrogen and oxygen atoms in total. The maximum absolute atomic E-state index is 12.7. The number of carbonyl (C=O) groups excluding carboxylic acids is 1. The van der Waals surface area contributed by atoms with E-state index in [4.69, 9.17) is 16.3 Å². The summed E-state index contributed by atoms with van der Waals surface area (Å²) in [6, 6.07) is 5.35. The Morgan fingerprint density at radius 1 is 1.35 bits per heavy atom. The smallest absolute Gasteiger partial charge is 0.214 e. The topological polar surface area (TPSA) is 44.1 Å². The molecule has 2 rings (SSSR count). The first-order chi connectivity index (χ1) is 9.43. The summed E-state index contributed by atoms with van der Waals surface area (Å²) >= 11 is 6.03. The third-order valence-electron chi connectivity index (χ3n) is 2.99. The molecule has 1 heterocycles. The van der Waals surface area contributed by atoms with Crippen LogP contribution in [-0.2, 0) is 0 Å². The second kappa shape index (κ2) is 5.67. The van der Waals surface area contributed by atoms with Gasteiger partial charge in [0.05, 0.1) is 13.3 Å². The van der Waals surface area contributed by atoms with Crippen molar-refractivity contribution in [3.8, 4) is 5.75 Å². The molecule has 0 aliphatic carbocycles. The lowest BCUT2D eigenvalue weighted by Gasteiger charge is -2.11. The Morgan fingerprint density at radius 3 is 2.60 bits per heavy atom. The van der Waals surface area contributed by atoms with Crippen LogP contribution in [0.4, 0.5) is 0 Å². The van der Waals surface area contributed by atoms with Gasteiger partial charge in [0.1, 0.15) is 0 Å². The zero-order valence-electron chi connectivity index (χ0n) is 12.0. The molecular formula is C15H17ClN2O2. The standard InChI is InChI=1S/C15H17ClN2O2/c1-9(2)18-14(13(20-4)8-17-18)15(19)11-5-10(3)6-12(16)7-11/h5-9H,1-4H3. The van der Waals surface area contributed by atoms with Gasteiger partial charge in [-0.1, -0.05) is 11.6 Å². The lowest BCUT2D eigenvalue weighted by Crippen LogP contribution is -2.14. The fourth-order valence-electron chi connectivity index (χ4n) is 2.11. The lowest BCUT2D eigenvalue weighted by molar-refractivity contribution is 0.102. The van der Waals surface area contributed by atoms with Gasteiger partial charge in [-0.25, -0.2) is 0 Å². The normalized spacial score (nSPS) is 10.9. The molecule has 1 aromatic carbocycles. The van der Waals surface area contributed by atoms with E-state index in [1.807, 2.05) is 32.9 Å². The second-order valence-corrected chi connectivity index (χ2v) is 5.38. The molecule has 0 aliphatic heterocycles. The van der Waals surface area contributed by atoms with Gasteiger partial charge >= 0.3 is 0 Å². The van der Waals surface area contributed by atoms with Gasteiger partial charge in [0.25, 0.3) is 0 Å². The summed E-state index contributed by atoms with van der Waals surface area (Å²) in [6.45, 7) is 5.83. The Labute approximate surface area is 123 Å². The van der Waals surface area contributed by atoms with Crippen molar-refractivity contribution in [2.24, 2.45) is 0 Å². The van der Waals surface area contributed by atoms with Gasteiger partial charge in [-0.15, -0.1) is 0 Å². The maximum Gasteiger partial charge on any atom is 0.214 e. The van der Waals surface area contributed by atoms with Crippen LogP contribution in [0.2, 0.25) is 5.02 Å². The fourth-order valence-corrected chi connectivity index (χ4v) is 2.40. The van der Waals surface area contributed by atoms with E-state index < -0.39 is 0 Å². The Hall–Kier alpha value is -1.81. The quantitative estimate of drug-likeness (QED) is 0.808. The molecule has 0 aliphatic rings. The van der Waals surface area contributed by atoms with E-state index in [0.29, 0.717) is 22.0 Å². The van der Waals surface area contributed by atoms with Crippen molar-refractivity contribution in [1.82, 2.24) is 9.78 Å². The molecule has 2 aromatic rings. The van der Waals surface area contributed by atoms with Gasteiger partial charge in [0.15, 0.2) is 11.4 Å². The molecule has 0 fully saturated rings. The number of aryl methyl sites for hydroxylation is 1. The van der Waals surface area contributed by atoms with Crippen molar-refractivity contribution >= 4 is 17.4 Å². The van der Waals surface area contributed by atoms with Gasteiger partial charge < -0.3 is 4.74 Å². The van der Waals surface area contributed by atoms with E-state index in [9.17, 15) is 4.79 Å². The summed E-state index contributed by atoms with van der Waals surface area (Å²) in [6.07, 6.45) is 1.56. The number of ketones is 1. The molecule has 0 saturated carbocycles. The van der Waals surface area contributed by atoms with Crippen LogP contribution in [0.1, 0.15) is 41.5 Å². The van der Waals surface area contributed by atoms with E-state index in [2.05, 4.69) is 5.10 Å². The molecule has 0 atom stereocenters. The fraction of sp³-hybridized carbons (Fsp3) is 0.333. The number of methoxy groups -OCH3 is 1. The highest BCUT2D eigenvalue weighted by atomic mass is 35.5. The first-order valence-corrected chi connectivity index (χ1v) is 6.75. The first kappa shape index (κ1) is 14.6. The highest BCUT2D eigenvalue weighted by Crippen LogP contribution is 2.25. The summed E-state index contributed by atoms with van der Waals surface area (Å²) in [5.41, 5.74) is 1.93. The predicted octanol–water partition coefficient (Wildman–Crippen LogP) is 3.67. The largest absolute Gasteiger partial charge is 0.493 e.